The molecule has 27 heavy (non-hydrogen) atoms. The summed E-state index contributed by atoms with van der Waals surface area (Å²) in [4.78, 5) is 11.6. The summed E-state index contributed by atoms with van der Waals surface area (Å²) < 4.78 is 17.3. The van der Waals surface area contributed by atoms with E-state index in [9.17, 15) is 4.79 Å². The van der Waals surface area contributed by atoms with Crippen LogP contribution in [0.5, 0.6) is 11.5 Å². The quantitative estimate of drug-likeness (QED) is 0.872. The van der Waals surface area contributed by atoms with Gasteiger partial charge in [0.05, 0.1) is 13.7 Å². The van der Waals surface area contributed by atoms with Crippen molar-refractivity contribution in [2.45, 2.75) is 37.9 Å². The van der Waals surface area contributed by atoms with Crippen molar-refractivity contribution in [3.8, 4) is 22.6 Å². The Bertz CT molecular complexity index is 814. The molecule has 1 amide bonds. The number of rotatable bonds is 5. The molecule has 2 heterocycles. The van der Waals surface area contributed by atoms with Crippen LogP contribution in [0.15, 0.2) is 42.5 Å². The lowest BCUT2D eigenvalue weighted by Gasteiger charge is -2.23. The van der Waals surface area contributed by atoms with Gasteiger partial charge in [-0.05, 0) is 48.2 Å². The van der Waals surface area contributed by atoms with E-state index in [4.69, 9.17) is 14.2 Å². The molecule has 2 aromatic rings. The van der Waals surface area contributed by atoms with E-state index in [1.165, 1.54) is 0 Å². The van der Waals surface area contributed by atoms with Gasteiger partial charge in [0.2, 0.25) is 5.91 Å². The van der Waals surface area contributed by atoms with Crippen molar-refractivity contribution in [1.82, 2.24) is 5.32 Å². The van der Waals surface area contributed by atoms with Crippen molar-refractivity contribution in [2.75, 3.05) is 20.3 Å². The van der Waals surface area contributed by atoms with E-state index in [0.717, 1.165) is 54.1 Å². The molecule has 5 heteroatoms. The minimum Gasteiger partial charge on any atom is -0.496 e. The number of hydrogen-bond acceptors (Lipinski definition) is 4. The van der Waals surface area contributed by atoms with Gasteiger partial charge < -0.3 is 19.5 Å². The Kier molecular flexibility index (Phi) is 5.30. The molecule has 2 atom stereocenters. The van der Waals surface area contributed by atoms with Gasteiger partial charge in [-0.15, -0.1) is 0 Å². The molecule has 0 saturated carbocycles. The fraction of sp³-hybridized carbons (Fsp3) is 0.409. The Balaban J connectivity index is 1.61. The highest BCUT2D eigenvalue weighted by Crippen LogP contribution is 2.36. The lowest BCUT2D eigenvalue weighted by Crippen LogP contribution is -2.24. The van der Waals surface area contributed by atoms with Gasteiger partial charge in [-0.2, -0.15) is 0 Å². The van der Waals surface area contributed by atoms with E-state index in [1.807, 2.05) is 36.4 Å². The van der Waals surface area contributed by atoms with Crippen molar-refractivity contribution >= 4 is 5.91 Å². The van der Waals surface area contributed by atoms with Crippen LogP contribution in [-0.4, -0.2) is 32.5 Å². The molecule has 4 rings (SSSR count). The number of carbonyl (C=O) groups is 1. The lowest BCUT2D eigenvalue weighted by atomic mass is 9.93. The number of methoxy groups -OCH3 is 1. The molecule has 2 aromatic carbocycles. The first-order chi connectivity index (χ1) is 13.2. The highest BCUT2D eigenvalue weighted by molar-refractivity contribution is 5.80. The molecule has 142 valence electrons. The number of amides is 1. The molecule has 0 spiro atoms. The third-order valence-corrected chi connectivity index (χ3v) is 5.22. The molecule has 5 nitrogen and oxygen atoms in total. The van der Waals surface area contributed by atoms with Gasteiger partial charge in [0, 0.05) is 30.9 Å². The summed E-state index contributed by atoms with van der Waals surface area (Å²) in [5.74, 6) is 1.92. The van der Waals surface area contributed by atoms with Gasteiger partial charge in [0.1, 0.15) is 11.5 Å². The van der Waals surface area contributed by atoms with Gasteiger partial charge in [-0.3, -0.25) is 4.79 Å². The number of hydrogen-bond donors (Lipinski definition) is 1. The fourth-order valence-corrected chi connectivity index (χ4v) is 3.74. The highest BCUT2D eigenvalue weighted by atomic mass is 16.7. The maximum Gasteiger partial charge on any atom is 0.220 e. The third-order valence-electron chi connectivity index (χ3n) is 5.22. The highest BCUT2D eigenvalue weighted by Gasteiger charge is 2.24. The second-order valence-electron chi connectivity index (χ2n) is 7.11. The minimum atomic E-state index is -0.169. The van der Waals surface area contributed by atoms with E-state index in [0.29, 0.717) is 13.0 Å². The first-order valence-corrected chi connectivity index (χ1v) is 9.56. The van der Waals surface area contributed by atoms with Crippen LogP contribution in [-0.2, 0) is 9.53 Å². The Hall–Kier alpha value is -2.53. The summed E-state index contributed by atoms with van der Waals surface area (Å²) in [5, 5.41) is 2.91. The molecular weight excluding hydrogens is 342 g/mol. The summed E-state index contributed by atoms with van der Waals surface area (Å²) in [6.07, 6.45) is 3.52. The zero-order valence-corrected chi connectivity index (χ0v) is 15.6. The van der Waals surface area contributed by atoms with Crippen molar-refractivity contribution in [3.05, 3.63) is 48.0 Å². The van der Waals surface area contributed by atoms with Crippen molar-refractivity contribution in [2.24, 2.45) is 0 Å². The monoisotopic (exact) mass is 367 g/mol. The zero-order chi connectivity index (χ0) is 18.6. The van der Waals surface area contributed by atoms with Crippen LogP contribution in [0, 0.1) is 0 Å². The molecule has 2 aliphatic heterocycles. The number of carbonyl (C=O) groups excluding carboxylic acids is 1. The second kappa shape index (κ2) is 8.01. The van der Waals surface area contributed by atoms with Gasteiger partial charge in [0.15, 0.2) is 6.29 Å². The SMILES string of the molecule is COc1ccc(C2CNC(=O)C2)cc1-c1cccc(OC2CCCCO2)c1. The van der Waals surface area contributed by atoms with E-state index < -0.39 is 0 Å². The van der Waals surface area contributed by atoms with Crippen LogP contribution < -0.4 is 14.8 Å². The van der Waals surface area contributed by atoms with Crippen molar-refractivity contribution in [3.63, 3.8) is 0 Å². The maximum atomic E-state index is 11.6. The Morgan fingerprint density at radius 1 is 1.15 bits per heavy atom. The molecule has 0 bridgehead atoms. The second-order valence-corrected chi connectivity index (χ2v) is 7.11. The van der Waals surface area contributed by atoms with Crippen molar-refractivity contribution in [1.29, 1.82) is 0 Å². The van der Waals surface area contributed by atoms with E-state index in [-0.39, 0.29) is 18.1 Å². The number of ether oxygens (including phenoxy) is 3. The molecular formula is C22H25NO4. The molecule has 2 unspecified atom stereocenters. The van der Waals surface area contributed by atoms with Crippen LogP contribution in [0.4, 0.5) is 0 Å². The standard InChI is InChI=1S/C22H25NO4/c1-25-20-9-8-15(17-13-21(24)23-14-17)12-19(20)16-5-4-6-18(11-16)27-22-7-2-3-10-26-22/h4-6,8-9,11-12,17,22H,2-3,7,10,13-14H2,1H3,(H,23,24). The molecule has 0 aromatic heterocycles. The van der Waals surface area contributed by atoms with E-state index in [2.05, 4.69) is 11.4 Å². The summed E-state index contributed by atoms with van der Waals surface area (Å²) in [6, 6.07) is 14.2. The predicted molar refractivity (Wildman–Crippen MR) is 103 cm³/mol. The summed E-state index contributed by atoms with van der Waals surface area (Å²) in [5.41, 5.74) is 3.18. The van der Waals surface area contributed by atoms with Gasteiger partial charge in [0.25, 0.3) is 0 Å². The Morgan fingerprint density at radius 3 is 2.81 bits per heavy atom. The molecule has 2 saturated heterocycles. The predicted octanol–water partition coefficient (Wildman–Crippen LogP) is 3.87. The molecule has 0 radical (unpaired) electrons. The van der Waals surface area contributed by atoms with Crippen LogP contribution >= 0.6 is 0 Å². The Labute approximate surface area is 159 Å². The Morgan fingerprint density at radius 2 is 2.07 bits per heavy atom. The van der Waals surface area contributed by atoms with Crippen LogP contribution in [0.3, 0.4) is 0 Å². The van der Waals surface area contributed by atoms with Gasteiger partial charge in [-0.1, -0.05) is 18.2 Å². The van der Waals surface area contributed by atoms with E-state index in [1.54, 1.807) is 7.11 Å². The minimum absolute atomic E-state index is 0.111. The first-order valence-electron chi connectivity index (χ1n) is 9.56. The normalized spacial score (nSPS) is 22.3. The number of nitrogens with one attached hydrogen (secondary N) is 1. The van der Waals surface area contributed by atoms with Gasteiger partial charge >= 0.3 is 0 Å². The summed E-state index contributed by atoms with van der Waals surface area (Å²) in [6.45, 7) is 1.45. The average molecular weight is 367 g/mol. The van der Waals surface area contributed by atoms with Crippen LogP contribution in [0.2, 0.25) is 0 Å². The molecule has 1 N–H and O–H groups in total. The first kappa shape index (κ1) is 17.9. The zero-order valence-electron chi connectivity index (χ0n) is 15.6. The summed E-state index contributed by atoms with van der Waals surface area (Å²) >= 11 is 0. The van der Waals surface area contributed by atoms with Crippen LogP contribution in [0.1, 0.15) is 37.2 Å². The maximum absolute atomic E-state index is 11.6. The van der Waals surface area contributed by atoms with Gasteiger partial charge in [-0.25, -0.2) is 0 Å². The van der Waals surface area contributed by atoms with Crippen molar-refractivity contribution < 1.29 is 19.0 Å². The summed E-state index contributed by atoms with van der Waals surface area (Å²) in [7, 11) is 1.68. The fourth-order valence-electron chi connectivity index (χ4n) is 3.74. The largest absolute Gasteiger partial charge is 0.496 e. The molecule has 2 fully saturated rings. The molecule has 2 aliphatic rings. The number of benzene rings is 2. The van der Waals surface area contributed by atoms with E-state index >= 15 is 0 Å². The smallest absolute Gasteiger partial charge is 0.220 e. The topological polar surface area (TPSA) is 56.8 Å². The molecule has 0 aliphatic carbocycles. The lowest BCUT2D eigenvalue weighted by molar-refractivity contribution is -0.119. The van der Waals surface area contributed by atoms with Crippen LogP contribution in [0.25, 0.3) is 11.1 Å². The average Bonchev–Trinajstić information content (AvgIpc) is 3.15. The third kappa shape index (κ3) is 4.08.